The molecule has 0 fully saturated rings. The highest BCUT2D eigenvalue weighted by atomic mass is 32.1. The lowest BCUT2D eigenvalue weighted by Gasteiger charge is -2.16. The van der Waals surface area contributed by atoms with Gasteiger partial charge in [0.25, 0.3) is 0 Å². The summed E-state index contributed by atoms with van der Waals surface area (Å²) in [6.07, 6.45) is 1.80. The van der Waals surface area contributed by atoms with Gasteiger partial charge in [0.1, 0.15) is 0 Å². The van der Waals surface area contributed by atoms with E-state index in [1.807, 2.05) is 0 Å². The van der Waals surface area contributed by atoms with Gasteiger partial charge >= 0.3 is 5.97 Å². The predicted octanol–water partition coefficient (Wildman–Crippen LogP) is 1.16. The Morgan fingerprint density at radius 3 is 2.81 bits per heavy atom. The average Bonchev–Trinajstić information content (AvgIpc) is 2.68. The topological polar surface area (TPSA) is 65.5 Å². The van der Waals surface area contributed by atoms with Crippen molar-refractivity contribution >= 4 is 22.4 Å². The van der Waals surface area contributed by atoms with Crippen LogP contribution >= 0.6 is 11.3 Å². The summed E-state index contributed by atoms with van der Waals surface area (Å²) in [5.74, 6) is -0.839. The van der Waals surface area contributed by atoms with E-state index in [1.165, 1.54) is 0 Å². The smallest absolute Gasteiger partial charge is 0.317 e. The Hall–Kier alpha value is -1.14. The van der Waals surface area contributed by atoms with Gasteiger partial charge < -0.3 is 15.3 Å². The third kappa shape index (κ3) is 3.79. The molecule has 0 saturated heterocycles. The molecule has 0 aliphatic rings. The molecule has 0 unspecified atom stereocenters. The zero-order valence-electron chi connectivity index (χ0n) is 9.56. The van der Waals surface area contributed by atoms with Gasteiger partial charge in [0.2, 0.25) is 0 Å². The van der Waals surface area contributed by atoms with Crippen molar-refractivity contribution in [1.29, 1.82) is 0 Å². The fourth-order valence-electron chi connectivity index (χ4n) is 1.31. The lowest BCUT2D eigenvalue weighted by molar-refractivity contribution is -0.135. The Morgan fingerprint density at radius 1 is 1.56 bits per heavy atom. The van der Waals surface area contributed by atoms with Crippen molar-refractivity contribution in [2.24, 2.45) is 0 Å². The molecular weight excluding hydrogens is 226 g/mol. The third-order valence-electron chi connectivity index (χ3n) is 2.15. The SMILES string of the molecule is CCN(CC)c1ncc(CNCC(=O)O)s1. The second-order valence-corrected chi connectivity index (χ2v) is 4.37. The molecule has 0 radical (unpaired) electrons. The summed E-state index contributed by atoms with van der Waals surface area (Å²) >= 11 is 1.60. The van der Waals surface area contributed by atoms with E-state index in [2.05, 4.69) is 29.0 Å². The first-order valence-corrected chi connectivity index (χ1v) is 6.11. The van der Waals surface area contributed by atoms with Crippen LogP contribution in [0.5, 0.6) is 0 Å². The fourth-order valence-corrected chi connectivity index (χ4v) is 2.32. The molecule has 1 rings (SSSR count). The van der Waals surface area contributed by atoms with E-state index < -0.39 is 5.97 Å². The molecule has 0 amide bonds. The molecule has 90 valence electrons. The van der Waals surface area contributed by atoms with E-state index in [0.29, 0.717) is 6.54 Å². The summed E-state index contributed by atoms with van der Waals surface area (Å²) in [6, 6.07) is 0. The molecule has 0 saturated carbocycles. The third-order valence-corrected chi connectivity index (χ3v) is 3.21. The molecule has 6 heteroatoms. The molecule has 0 spiro atoms. The van der Waals surface area contributed by atoms with Crippen LogP contribution in [0.4, 0.5) is 5.13 Å². The molecule has 0 aromatic carbocycles. The molecule has 1 heterocycles. The Kier molecular flexibility index (Phi) is 5.21. The van der Waals surface area contributed by atoms with Crippen molar-refractivity contribution in [2.75, 3.05) is 24.5 Å². The standard InChI is InChI=1S/C10H17N3O2S/c1-3-13(4-2)10-12-6-8(16-10)5-11-7-9(14)15/h6,11H,3-5,7H2,1-2H3,(H,14,15). The maximum absolute atomic E-state index is 10.3. The van der Waals surface area contributed by atoms with Crippen molar-refractivity contribution in [1.82, 2.24) is 10.3 Å². The summed E-state index contributed by atoms with van der Waals surface area (Å²) in [4.78, 5) is 17.9. The lowest BCUT2D eigenvalue weighted by atomic mass is 10.5. The van der Waals surface area contributed by atoms with Crippen LogP contribution in [0.2, 0.25) is 0 Å². The molecule has 2 N–H and O–H groups in total. The maximum atomic E-state index is 10.3. The number of thiazole rings is 1. The van der Waals surface area contributed by atoms with E-state index in [9.17, 15) is 4.79 Å². The van der Waals surface area contributed by atoms with Gasteiger partial charge in [-0.3, -0.25) is 4.79 Å². The van der Waals surface area contributed by atoms with Crippen LogP contribution in [-0.4, -0.2) is 35.7 Å². The van der Waals surface area contributed by atoms with Crippen molar-refractivity contribution in [2.45, 2.75) is 20.4 Å². The number of rotatable bonds is 7. The van der Waals surface area contributed by atoms with Crippen molar-refractivity contribution < 1.29 is 9.90 Å². The molecule has 0 aliphatic heterocycles. The van der Waals surface area contributed by atoms with Crippen LogP contribution in [0.3, 0.4) is 0 Å². The number of anilines is 1. The Labute approximate surface area is 99.1 Å². The highest BCUT2D eigenvalue weighted by Gasteiger charge is 2.07. The van der Waals surface area contributed by atoms with E-state index in [1.54, 1.807) is 17.5 Å². The molecule has 16 heavy (non-hydrogen) atoms. The summed E-state index contributed by atoms with van der Waals surface area (Å²) in [5.41, 5.74) is 0. The second kappa shape index (κ2) is 6.44. The number of carboxylic acids is 1. The van der Waals surface area contributed by atoms with E-state index in [0.717, 1.165) is 23.1 Å². The van der Waals surface area contributed by atoms with Gasteiger partial charge in [-0.2, -0.15) is 0 Å². The highest BCUT2D eigenvalue weighted by Crippen LogP contribution is 2.21. The predicted molar refractivity (Wildman–Crippen MR) is 65.0 cm³/mol. The fraction of sp³-hybridized carbons (Fsp3) is 0.600. The zero-order chi connectivity index (χ0) is 12.0. The van der Waals surface area contributed by atoms with Gasteiger partial charge in [-0.1, -0.05) is 0 Å². The molecule has 0 atom stereocenters. The number of aromatic nitrogens is 1. The number of aliphatic carboxylic acids is 1. The number of carboxylic acid groups (broad SMARTS) is 1. The minimum Gasteiger partial charge on any atom is -0.480 e. The summed E-state index contributed by atoms with van der Waals surface area (Å²) < 4.78 is 0. The average molecular weight is 243 g/mol. The minimum absolute atomic E-state index is 0.0154. The zero-order valence-corrected chi connectivity index (χ0v) is 10.4. The minimum atomic E-state index is -0.839. The molecule has 5 nitrogen and oxygen atoms in total. The second-order valence-electron chi connectivity index (χ2n) is 3.28. The van der Waals surface area contributed by atoms with E-state index in [-0.39, 0.29) is 6.54 Å². The van der Waals surface area contributed by atoms with Crippen molar-refractivity contribution in [3.63, 3.8) is 0 Å². The van der Waals surface area contributed by atoms with Crippen molar-refractivity contribution in [3.05, 3.63) is 11.1 Å². The van der Waals surface area contributed by atoms with Gasteiger partial charge in [0, 0.05) is 30.7 Å². The van der Waals surface area contributed by atoms with Gasteiger partial charge in [-0.15, -0.1) is 11.3 Å². The normalized spacial score (nSPS) is 10.4. The summed E-state index contributed by atoms with van der Waals surface area (Å²) in [6.45, 7) is 6.60. The molecule has 1 aromatic rings. The monoisotopic (exact) mass is 243 g/mol. The maximum Gasteiger partial charge on any atom is 0.317 e. The Bertz CT molecular complexity index is 337. The lowest BCUT2D eigenvalue weighted by Crippen LogP contribution is -2.21. The first kappa shape index (κ1) is 12.9. The van der Waals surface area contributed by atoms with Crippen LogP contribution in [-0.2, 0) is 11.3 Å². The summed E-state index contributed by atoms with van der Waals surface area (Å²) in [7, 11) is 0. The highest BCUT2D eigenvalue weighted by molar-refractivity contribution is 7.15. The van der Waals surface area contributed by atoms with Gasteiger partial charge in [-0.05, 0) is 13.8 Å². The molecule has 1 aromatic heterocycles. The number of hydrogen-bond donors (Lipinski definition) is 2. The number of nitrogens with zero attached hydrogens (tertiary/aromatic N) is 2. The molecule has 0 bridgehead atoms. The quantitative estimate of drug-likeness (QED) is 0.752. The van der Waals surface area contributed by atoms with Crippen LogP contribution in [0.15, 0.2) is 6.20 Å². The van der Waals surface area contributed by atoms with Crippen LogP contribution < -0.4 is 10.2 Å². The Balaban J connectivity index is 2.47. The van der Waals surface area contributed by atoms with Gasteiger partial charge in [0.05, 0.1) is 6.54 Å². The van der Waals surface area contributed by atoms with Crippen molar-refractivity contribution in [3.8, 4) is 0 Å². The van der Waals surface area contributed by atoms with Crippen LogP contribution in [0, 0.1) is 0 Å². The van der Waals surface area contributed by atoms with Crippen LogP contribution in [0.25, 0.3) is 0 Å². The first-order valence-electron chi connectivity index (χ1n) is 5.29. The van der Waals surface area contributed by atoms with E-state index in [4.69, 9.17) is 5.11 Å². The van der Waals surface area contributed by atoms with Gasteiger partial charge in [-0.25, -0.2) is 4.98 Å². The first-order chi connectivity index (χ1) is 7.67. The number of hydrogen-bond acceptors (Lipinski definition) is 5. The number of carbonyl (C=O) groups is 1. The Morgan fingerprint density at radius 2 is 2.25 bits per heavy atom. The summed E-state index contributed by atoms with van der Waals surface area (Å²) in [5, 5.41) is 12.3. The molecular formula is C10H17N3O2S. The van der Waals surface area contributed by atoms with E-state index >= 15 is 0 Å². The van der Waals surface area contributed by atoms with Crippen LogP contribution in [0.1, 0.15) is 18.7 Å². The molecule has 0 aliphatic carbocycles. The largest absolute Gasteiger partial charge is 0.480 e. The number of nitrogens with one attached hydrogen (secondary N) is 1. The van der Waals surface area contributed by atoms with Gasteiger partial charge in [0.15, 0.2) is 5.13 Å².